The molecule has 0 bridgehead atoms. The first-order valence-electron chi connectivity index (χ1n) is 10.6. The van der Waals surface area contributed by atoms with Gasteiger partial charge >= 0.3 is 0 Å². The lowest BCUT2D eigenvalue weighted by Gasteiger charge is -2.28. The average Bonchev–Trinajstić information content (AvgIpc) is 2.82. The molecule has 0 unspecified atom stereocenters. The number of aryl methyl sites for hydroxylation is 1. The summed E-state index contributed by atoms with van der Waals surface area (Å²) in [5, 5.41) is 3.18. The highest BCUT2D eigenvalue weighted by Crippen LogP contribution is 2.37. The molecule has 1 aliphatic heterocycles. The van der Waals surface area contributed by atoms with Crippen LogP contribution in [0.5, 0.6) is 0 Å². The van der Waals surface area contributed by atoms with Crippen molar-refractivity contribution in [3.63, 3.8) is 0 Å². The van der Waals surface area contributed by atoms with Crippen molar-refractivity contribution in [2.45, 2.75) is 66.8 Å². The normalized spacial score (nSPS) is 14.3. The van der Waals surface area contributed by atoms with Crippen LogP contribution in [0, 0.1) is 25.1 Å². The number of halogens is 1. The second kappa shape index (κ2) is 8.56. The van der Waals surface area contributed by atoms with E-state index in [9.17, 15) is 9.18 Å². The zero-order valence-corrected chi connectivity index (χ0v) is 18.4. The highest BCUT2D eigenvalue weighted by Gasteiger charge is 2.22. The lowest BCUT2D eigenvalue weighted by atomic mass is 9.91. The summed E-state index contributed by atoms with van der Waals surface area (Å²) in [4.78, 5) is 14.9. The first-order chi connectivity index (χ1) is 13.6. The molecule has 0 aromatic heterocycles. The van der Waals surface area contributed by atoms with Gasteiger partial charge in [-0.25, -0.2) is 4.39 Å². The number of anilines is 2. The van der Waals surface area contributed by atoms with Crippen LogP contribution in [0.2, 0.25) is 0 Å². The summed E-state index contributed by atoms with van der Waals surface area (Å²) in [6.07, 6.45) is 3.77. The van der Waals surface area contributed by atoms with Gasteiger partial charge in [-0.3, -0.25) is 4.79 Å². The van der Waals surface area contributed by atoms with Crippen LogP contribution < -0.4 is 10.2 Å². The van der Waals surface area contributed by atoms with E-state index in [2.05, 4.69) is 50.9 Å². The van der Waals surface area contributed by atoms with Gasteiger partial charge in [-0.2, -0.15) is 0 Å². The van der Waals surface area contributed by atoms with Crippen LogP contribution in [0.25, 0.3) is 0 Å². The first kappa shape index (κ1) is 21.4. The maximum absolute atomic E-state index is 13.3. The molecule has 1 heterocycles. The molecule has 0 saturated carbocycles. The van der Waals surface area contributed by atoms with E-state index in [-0.39, 0.29) is 17.1 Å². The summed E-state index contributed by atoms with van der Waals surface area (Å²) < 4.78 is 13.3. The van der Waals surface area contributed by atoms with Crippen molar-refractivity contribution >= 4 is 17.3 Å². The fourth-order valence-electron chi connectivity index (χ4n) is 4.16. The number of fused-ring (bicyclic) bond motifs is 1. The number of amides is 1. The Hall–Kier alpha value is -2.36. The summed E-state index contributed by atoms with van der Waals surface area (Å²) in [6.45, 7) is 12.2. The van der Waals surface area contributed by atoms with Gasteiger partial charge in [-0.15, -0.1) is 0 Å². The van der Waals surface area contributed by atoms with E-state index in [4.69, 9.17) is 0 Å². The van der Waals surface area contributed by atoms with Gasteiger partial charge in [0.2, 0.25) is 5.91 Å². The molecule has 29 heavy (non-hydrogen) atoms. The zero-order valence-electron chi connectivity index (χ0n) is 18.4. The number of nitrogens with one attached hydrogen (secondary N) is 1. The standard InChI is InChI=1S/C25H33FN2O/c1-17-14-22-21(18(2)24(17)27-23(29)15-25(3,4)5)8-6-7-13-28(22)16-19-9-11-20(26)12-10-19/h9-12,14H,6-8,13,15-16H2,1-5H3,(H,27,29). The topological polar surface area (TPSA) is 32.3 Å². The third-order valence-electron chi connectivity index (χ3n) is 5.57. The smallest absolute Gasteiger partial charge is 0.224 e. The van der Waals surface area contributed by atoms with Crippen LogP contribution in [0.3, 0.4) is 0 Å². The Balaban J connectivity index is 1.91. The Labute approximate surface area is 174 Å². The van der Waals surface area contributed by atoms with Crippen molar-refractivity contribution in [3.05, 3.63) is 58.4 Å². The largest absolute Gasteiger partial charge is 0.367 e. The molecule has 0 saturated heterocycles. The van der Waals surface area contributed by atoms with Gasteiger partial charge in [0.05, 0.1) is 0 Å². The van der Waals surface area contributed by atoms with E-state index in [1.165, 1.54) is 28.9 Å². The molecular formula is C25H33FN2O. The molecule has 0 fully saturated rings. The number of hydrogen-bond acceptors (Lipinski definition) is 2. The molecule has 1 N–H and O–H groups in total. The molecule has 0 spiro atoms. The van der Waals surface area contributed by atoms with Crippen molar-refractivity contribution < 1.29 is 9.18 Å². The van der Waals surface area contributed by atoms with Crippen molar-refractivity contribution in [1.82, 2.24) is 0 Å². The Bertz CT molecular complexity index is 881. The van der Waals surface area contributed by atoms with Crippen molar-refractivity contribution in [2.75, 3.05) is 16.8 Å². The summed E-state index contributed by atoms with van der Waals surface area (Å²) in [7, 11) is 0. The molecule has 3 nitrogen and oxygen atoms in total. The Morgan fingerprint density at radius 1 is 1.14 bits per heavy atom. The fourth-order valence-corrected chi connectivity index (χ4v) is 4.16. The minimum Gasteiger partial charge on any atom is -0.367 e. The lowest BCUT2D eigenvalue weighted by molar-refractivity contribution is -0.117. The van der Waals surface area contributed by atoms with Gasteiger partial charge < -0.3 is 10.2 Å². The molecular weight excluding hydrogens is 363 g/mol. The average molecular weight is 397 g/mol. The number of benzene rings is 2. The Morgan fingerprint density at radius 3 is 2.48 bits per heavy atom. The van der Waals surface area contributed by atoms with Crippen LogP contribution >= 0.6 is 0 Å². The monoisotopic (exact) mass is 396 g/mol. The summed E-state index contributed by atoms with van der Waals surface area (Å²) in [6, 6.07) is 8.99. The third kappa shape index (κ3) is 5.37. The van der Waals surface area contributed by atoms with Crippen molar-refractivity contribution in [1.29, 1.82) is 0 Å². The van der Waals surface area contributed by atoms with Gasteiger partial charge in [0.15, 0.2) is 0 Å². The molecule has 1 aliphatic rings. The maximum Gasteiger partial charge on any atom is 0.224 e. The van der Waals surface area contributed by atoms with Crippen LogP contribution in [-0.2, 0) is 17.8 Å². The molecule has 2 aromatic rings. The number of carbonyl (C=O) groups excluding carboxylic acids is 1. The first-order valence-corrected chi connectivity index (χ1v) is 10.6. The van der Waals surface area contributed by atoms with E-state index >= 15 is 0 Å². The maximum atomic E-state index is 13.3. The van der Waals surface area contributed by atoms with Gasteiger partial charge in [0, 0.05) is 30.9 Å². The molecule has 4 heteroatoms. The SMILES string of the molecule is Cc1cc2c(c(C)c1NC(=O)CC(C)(C)C)CCCCN2Cc1ccc(F)cc1. The molecule has 2 aromatic carbocycles. The van der Waals surface area contributed by atoms with Gasteiger partial charge in [0.25, 0.3) is 0 Å². The summed E-state index contributed by atoms with van der Waals surface area (Å²) >= 11 is 0. The molecule has 0 atom stereocenters. The molecule has 0 radical (unpaired) electrons. The minimum atomic E-state index is -0.202. The van der Waals surface area contributed by atoms with E-state index in [1.807, 2.05) is 12.1 Å². The van der Waals surface area contributed by atoms with Crippen molar-refractivity contribution in [2.24, 2.45) is 5.41 Å². The third-order valence-corrected chi connectivity index (χ3v) is 5.57. The minimum absolute atomic E-state index is 0.0382. The molecule has 3 rings (SSSR count). The zero-order chi connectivity index (χ0) is 21.2. The van der Waals surface area contributed by atoms with Gasteiger partial charge in [-0.1, -0.05) is 32.9 Å². The fraction of sp³-hybridized carbons (Fsp3) is 0.480. The van der Waals surface area contributed by atoms with Crippen molar-refractivity contribution in [3.8, 4) is 0 Å². The predicted molar refractivity (Wildman–Crippen MR) is 119 cm³/mol. The van der Waals surface area contributed by atoms with Gasteiger partial charge in [0.1, 0.15) is 5.82 Å². The van der Waals surface area contributed by atoms with Gasteiger partial charge in [-0.05, 0) is 79.0 Å². The van der Waals surface area contributed by atoms with Crippen LogP contribution in [0.4, 0.5) is 15.8 Å². The van der Waals surface area contributed by atoms with E-state index < -0.39 is 0 Å². The van der Waals surface area contributed by atoms with Crippen LogP contribution in [0.1, 0.15) is 62.3 Å². The van der Waals surface area contributed by atoms with E-state index in [0.29, 0.717) is 6.42 Å². The highest BCUT2D eigenvalue weighted by molar-refractivity contribution is 5.93. The predicted octanol–water partition coefficient (Wildman–Crippen LogP) is 6.16. The summed E-state index contributed by atoms with van der Waals surface area (Å²) in [5.74, 6) is -0.132. The van der Waals surface area contributed by atoms with E-state index in [1.54, 1.807) is 0 Å². The second-order valence-electron chi connectivity index (χ2n) is 9.48. The summed E-state index contributed by atoms with van der Waals surface area (Å²) in [5.41, 5.74) is 6.86. The number of nitrogens with zero attached hydrogens (tertiary/aromatic N) is 1. The quantitative estimate of drug-likeness (QED) is 0.671. The van der Waals surface area contributed by atoms with Crippen LogP contribution in [-0.4, -0.2) is 12.5 Å². The van der Waals surface area contributed by atoms with E-state index in [0.717, 1.165) is 49.2 Å². The molecule has 1 amide bonds. The second-order valence-corrected chi connectivity index (χ2v) is 9.48. The number of rotatable bonds is 4. The molecule has 156 valence electrons. The number of carbonyl (C=O) groups is 1. The Morgan fingerprint density at radius 2 is 1.83 bits per heavy atom. The highest BCUT2D eigenvalue weighted by atomic mass is 19.1. The lowest BCUT2D eigenvalue weighted by Crippen LogP contribution is -2.25. The Kier molecular flexibility index (Phi) is 6.30. The number of hydrogen-bond donors (Lipinski definition) is 1. The van der Waals surface area contributed by atoms with Crippen LogP contribution in [0.15, 0.2) is 30.3 Å². The molecule has 0 aliphatic carbocycles.